The smallest absolute Gasteiger partial charge is 0.390 e. The number of nitrogens with zero attached hydrogens (tertiary/aromatic N) is 7. The molecule has 0 aliphatic rings. The number of carbonyl (C=O) groups is 1. The Morgan fingerprint density at radius 3 is 2.52 bits per heavy atom. The molecule has 2 aromatic rings. The second-order valence-electron chi connectivity index (χ2n) is 4.02. The van der Waals surface area contributed by atoms with E-state index in [-0.39, 0.29) is 24.7 Å². The van der Waals surface area contributed by atoms with Crippen LogP contribution in [0.1, 0.15) is 13.3 Å². The summed E-state index contributed by atoms with van der Waals surface area (Å²) in [4.78, 5) is 34.4. The number of nitro groups is 2. The monoisotopic (exact) mass is 295 g/mol. The Hall–Kier alpha value is -3.18. The molecule has 0 N–H and O–H groups in total. The van der Waals surface area contributed by atoms with Crippen molar-refractivity contribution in [1.29, 1.82) is 0 Å². The topological polar surface area (TPSA) is 152 Å². The Balaban J connectivity index is 2.41. The first-order chi connectivity index (χ1) is 9.88. The standard InChI is InChI=1S/C9H9N7O5/c1-6(17)2-4-14-9(10-8(12-14)16(20)21)13-5-3-7(11-13)15(18)19/h3,5H,2,4H2,1H3. The van der Waals surface area contributed by atoms with Crippen LogP contribution in [-0.4, -0.2) is 40.2 Å². The maximum absolute atomic E-state index is 11.0. The molecule has 0 bridgehead atoms. The van der Waals surface area contributed by atoms with Crippen LogP contribution >= 0.6 is 0 Å². The fourth-order valence-corrected chi connectivity index (χ4v) is 1.51. The third-order valence-electron chi connectivity index (χ3n) is 2.45. The average molecular weight is 295 g/mol. The molecule has 110 valence electrons. The molecule has 0 fully saturated rings. The summed E-state index contributed by atoms with van der Waals surface area (Å²) in [5.74, 6) is -1.31. The van der Waals surface area contributed by atoms with E-state index in [1.54, 1.807) is 0 Å². The van der Waals surface area contributed by atoms with Crippen molar-refractivity contribution < 1.29 is 14.6 Å². The molecular weight excluding hydrogens is 286 g/mol. The van der Waals surface area contributed by atoms with E-state index in [4.69, 9.17) is 0 Å². The summed E-state index contributed by atoms with van der Waals surface area (Å²) in [6.45, 7) is 1.42. The van der Waals surface area contributed by atoms with Crippen molar-refractivity contribution >= 4 is 17.5 Å². The molecule has 0 saturated carbocycles. The number of Topliss-reactive ketones (excluding diaryl/α,β-unsaturated/α-hetero) is 1. The summed E-state index contributed by atoms with van der Waals surface area (Å²) in [6, 6.07) is 1.12. The van der Waals surface area contributed by atoms with Gasteiger partial charge in [-0.15, -0.1) is 4.68 Å². The van der Waals surface area contributed by atoms with Gasteiger partial charge in [-0.2, -0.15) is 0 Å². The minimum Gasteiger partial charge on any atom is -0.390 e. The molecule has 2 rings (SSSR count). The van der Waals surface area contributed by atoms with Crippen molar-refractivity contribution in [3.05, 3.63) is 32.5 Å². The average Bonchev–Trinajstić information content (AvgIpc) is 3.02. The van der Waals surface area contributed by atoms with Crippen LogP contribution in [0.4, 0.5) is 11.8 Å². The number of aryl methyl sites for hydroxylation is 1. The van der Waals surface area contributed by atoms with Gasteiger partial charge >= 0.3 is 17.7 Å². The molecule has 0 aliphatic heterocycles. The largest absolute Gasteiger partial charge is 0.493 e. The van der Waals surface area contributed by atoms with Gasteiger partial charge in [-0.1, -0.05) is 4.68 Å². The molecule has 0 spiro atoms. The van der Waals surface area contributed by atoms with Gasteiger partial charge in [0, 0.05) is 11.5 Å². The number of ketones is 1. The van der Waals surface area contributed by atoms with Crippen molar-refractivity contribution in [2.45, 2.75) is 19.9 Å². The summed E-state index contributed by atoms with van der Waals surface area (Å²) in [6.07, 6.45) is 1.33. The predicted octanol–water partition coefficient (Wildman–Crippen LogP) is 0.259. The normalized spacial score (nSPS) is 10.5. The van der Waals surface area contributed by atoms with E-state index >= 15 is 0 Å². The zero-order valence-corrected chi connectivity index (χ0v) is 10.7. The highest BCUT2D eigenvalue weighted by Gasteiger charge is 2.26. The molecule has 0 atom stereocenters. The van der Waals surface area contributed by atoms with Gasteiger partial charge in [-0.05, 0) is 21.8 Å². The van der Waals surface area contributed by atoms with Crippen molar-refractivity contribution in [2.75, 3.05) is 0 Å². The maximum Gasteiger partial charge on any atom is 0.493 e. The minimum absolute atomic E-state index is 0.0547. The van der Waals surface area contributed by atoms with E-state index in [1.165, 1.54) is 13.1 Å². The van der Waals surface area contributed by atoms with Crippen LogP contribution in [-0.2, 0) is 11.3 Å². The minimum atomic E-state index is -0.800. The first kappa shape index (κ1) is 14.2. The van der Waals surface area contributed by atoms with Crippen LogP contribution in [0.15, 0.2) is 12.3 Å². The zero-order chi connectivity index (χ0) is 15.6. The second-order valence-corrected chi connectivity index (χ2v) is 4.02. The molecule has 0 aromatic carbocycles. The Kier molecular flexibility index (Phi) is 3.69. The lowest BCUT2D eigenvalue weighted by molar-refractivity contribution is -0.394. The highest BCUT2D eigenvalue weighted by atomic mass is 16.6. The third-order valence-corrected chi connectivity index (χ3v) is 2.45. The van der Waals surface area contributed by atoms with Crippen LogP contribution in [0.2, 0.25) is 0 Å². The van der Waals surface area contributed by atoms with Gasteiger partial charge in [0.05, 0.1) is 23.9 Å². The van der Waals surface area contributed by atoms with Crippen LogP contribution in [0.5, 0.6) is 0 Å². The molecule has 12 nitrogen and oxygen atoms in total. The number of hydrogen-bond donors (Lipinski definition) is 0. The zero-order valence-electron chi connectivity index (χ0n) is 10.7. The van der Waals surface area contributed by atoms with Gasteiger partial charge in [-0.3, -0.25) is 4.79 Å². The molecule has 0 saturated heterocycles. The lowest BCUT2D eigenvalue weighted by Gasteiger charge is -1.96. The molecule has 12 heteroatoms. The first-order valence-corrected chi connectivity index (χ1v) is 5.67. The van der Waals surface area contributed by atoms with Crippen LogP contribution < -0.4 is 0 Å². The summed E-state index contributed by atoms with van der Waals surface area (Å²) < 4.78 is 2.11. The number of aromatic nitrogens is 5. The molecule has 0 amide bonds. The van der Waals surface area contributed by atoms with Gasteiger partial charge in [0.15, 0.2) is 0 Å². The van der Waals surface area contributed by atoms with E-state index in [0.717, 1.165) is 15.4 Å². The van der Waals surface area contributed by atoms with Crippen molar-refractivity contribution in [3.8, 4) is 5.95 Å². The Bertz CT molecular complexity index is 718. The summed E-state index contributed by atoms with van der Waals surface area (Å²) in [5, 5.41) is 28.6. The van der Waals surface area contributed by atoms with E-state index in [1.807, 2.05) is 0 Å². The highest BCUT2D eigenvalue weighted by molar-refractivity contribution is 5.75. The van der Waals surface area contributed by atoms with E-state index in [9.17, 15) is 25.0 Å². The fourth-order valence-electron chi connectivity index (χ4n) is 1.51. The molecular formula is C9H9N7O5. The quantitative estimate of drug-likeness (QED) is 0.543. The lowest BCUT2D eigenvalue weighted by Crippen LogP contribution is -2.11. The molecule has 0 aliphatic carbocycles. The SMILES string of the molecule is CC(=O)CCn1nc([N+](=O)[O-])nc1-n1ccc([N+](=O)[O-])n1. The lowest BCUT2D eigenvalue weighted by atomic mass is 10.3. The van der Waals surface area contributed by atoms with E-state index in [2.05, 4.69) is 15.2 Å². The van der Waals surface area contributed by atoms with E-state index < -0.39 is 21.6 Å². The van der Waals surface area contributed by atoms with Crippen molar-refractivity contribution in [1.82, 2.24) is 24.5 Å². The molecule has 2 heterocycles. The number of hydrogen-bond acceptors (Lipinski definition) is 8. The van der Waals surface area contributed by atoms with Gasteiger partial charge in [-0.25, -0.2) is 0 Å². The highest BCUT2D eigenvalue weighted by Crippen LogP contribution is 2.14. The summed E-state index contributed by atoms with van der Waals surface area (Å²) >= 11 is 0. The van der Waals surface area contributed by atoms with Crippen LogP contribution in [0.25, 0.3) is 5.95 Å². The fraction of sp³-hybridized carbons (Fsp3) is 0.333. The molecule has 0 unspecified atom stereocenters. The van der Waals surface area contributed by atoms with Crippen LogP contribution in [0.3, 0.4) is 0 Å². The van der Waals surface area contributed by atoms with Gasteiger partial charge in [0.1, 0.15) is 5.78 Å². The third kappa shape index (κ3) is 3.05. The first-order valence-electron chi connectivity index (χ1n) is 5.67. The summed E-state index contributed by atoms with van der Waals surface area (Å²) in [5.41, 5.74) is 0. The molecule has 0 radical (unpaired) electrons. The Labute approximate surface area is 116 Å². The van der Waals surface area contributed by atoms with E-state index in [0.29, 0.717) is 0 Å². The van der Waals surface area contributed by atoms with Crippen molar-refractivity contribution in [2.24, 2.45) is 0 Å². The van der Waals surface area contributed by atoms with Crippen LogP contribution in [0, 0.1) is 20.2 Å². The maximum atomic E-state index is 11.0. The van der Waals surface area contributed by atoms with Gasteiger partial charge in [0.2, 0.25) is 0 Å². The molecule has 2 aromatic heterocycles. The Morgan fingerprint density at radius 1 is 1.29 bits per heavy atom. The van der Waals surface area contributed by atoms with Gasteiger partial charge in [0.25, 0.3) is 0 Å². The second kappa shape index (κ2) is 5.44. The molecule has 21 heavy (non-hydrogen) atoms. The number of rotatable bonds is 6. The summed E-state index contributed by atoms with van der Waals surface area (Å²) in [7, 11) is 0. The van der Waals surface area contributed by atoms with Gasteiger partial charge < -0.3 is 20.2 Å². The predicted molar refractivity (Wildman–Crippen MR) is 65.8 cm³/mol. The Morgan fingerprint density at radius 2 is 2.00 bits per heavy atom. The van der Waals surface area contributed by atoms with Crippen molar-refractivity contribution in [3.63, 3.8) is 0 Å². The number of carbonyl (C=O) groups excluding carboxylic acids is 1.